The van der Waals surface area contributed by atoms with E-state index in [1.807, 2.05) is 0 Å². The van der Waals surface area contributed by atoms with Crippen molar-refractivity contribution in [1.82, 2.24) is 4.98 Å². The van der Waals surface area contributed by atoms with Crippen molar-refractivity contribution in [2.45, 2.75) is 6.54 Å². The van der Waals surface area contributed by atoms with Gasteiger partial charge in [0.2, 0.25) is 6.54 Å². The molecule has 1 rings (SSSR count). The molecule has 0 radical (unpaired) electrons. The Labute approximate surface area is 75.9 Å². The molecule has 0 unspecified atom stereocenters. The van der Waals surface area contributed by atoms with Gasteiger partial charge in [0.1, 0.15) is 10.0 Å². The Bertz CT molecular complexity index is 288. The number of nitro groups is 1. The van der Waals surface area contributed by atoms with Crippen LogP contribution in [0.25, 0.3) is 0 Å². The zero-order valence-electron chi connectivity index (χ0n) is 5.08. The number of nitrogens with zero attached hydrogens (tertiary/aromatic N) is 2. The van der Waals surface area contributed by atoms with Crippen molar-refractivity contribution in [3.05, 3.63) is 24.6 Å². The quantitative estimate of drug-likeness (QED) is 0.559. The third kappa shape index (κ3) is 2.28. The van der Waals surface area contributed by atoms with Gasteiger partial charge in [-0.3, -0.25) is 10.1 Å². The molecule has 0 amide bonds. The molecule has 0 saturated carbocycles. The van der Waals surface area contributed by atoms with Gasteiger partial charge in [0.05, 0.1) is 0 Å². The maximum Gasteiger partial charge on any atom is 0.247 e. The molecule has 60 valence electrons. The Morgan fingerprint density at radius 2 is 2.27 bits per heavy atom. The zero-order valence-corrected chi connectivity index (χ0v) is 7.41. The van der Waals surface area contributed by atoms with Crippen molar-refractivity contribution in [2.75, 3.05) is 0 Å². The second-order valence-electron chi connectivity index (χ2n) is 1.68. The molecular formula is C4H2Cl2N2O2S. The van der Waals surface area contributed by atoms with Crippen LogP contribution in [0.4, 0.5) is 0 Å². The van der Waals surface area contributed by atoms with E-state index in [1.165, 1.54) is 0 Å². The Hall–Kier alpha value is -0.390. The lowest BCUT2D eigenvalue weighted by Crippen LogP contribution is -1.98. The van der Waals surface area contributed by atoms with E-state index < -0.39 is 4.92 Å². The Balaban J connectivity index is 2.85. The van der Waals surface area contributed by atoms with Crippen molar-refractivity contribution in [3.8, 4) is 0 Å². The van der Waals surface area contributed by atoms with Crippen molar-refractivity contribution in [1.29, 1.82) is 0 Å². The smallest absolute Gasteiger partial charge is 0.247 e. The molecule has 0 atom stereocenters. The number of rotatable bonds is 2. The van der Waals surface area contributed by atoms with Crippen molar-refractivity contribution < 1.29 is 4.92 Å². The zero-order chi connectivity index (χ0) is 8.43. The van der Waals surface area contributed by atoms with E-state index in [0.29, 0.717) is 0 Å². The lowest BCUT2D eigenvalue weighted by molar-refractivity contribution is -0.497. The molecule has 0 aliphatic heterocycles. The lowest BCUT2D eigenvalue weighted by atomic mass is 10.5. The SMILES string of the molecule is O=[N+]([O-])Cc1nc(Cl)sc1Cl. The van der Waals surface area contributed by atoms with Crippen LogP contribution < -0.4 is 0 Å². The monoisotopic (exact) mass is 212 g/mol. The topological polar surface area (TPSA) is 56.0 Å². The second kappa shape index (κ2) is 3.34. The van der Waals surface area contributed by atoms with Crippen LogP contribution in [0.3, 0.4) is 0 Å². The van der Waals surface area contributed by atoms with Crippen LogP contribution in [0.5, 0.6) is 0 Å². The molecular weight excluding hydrogens is 211 g/mol. The first-order chi connectivity index (χ1) is 5.09. The van der Waals surface area contributed by atoms with Gasteiger partial charge in [-0.1, -0.05) is 34.5 Å². The van der Waals surface area contributed by atoms with Gasteiger partial charge in [-0.05, 0) is 0 Å². The molecule has 7 heteroatoms. The highest BCUT2D eigenvalue weighted by Gasteiger charge is 2.12. The number of halogens is 2. The van der Waals surface area contributed by atoms with E-state index in [4.69, 9.17) is 23.2 Å². The van der Waals surface area contributed by atoms with Crippen molar-refractivity contribution >= 4 is 34.5 Å². The molecule has 0 saturated heterocycles. The number of aromatic nitrogens is 1. The minimum absolute atomic E-state index is 0.228. The molecule has 0 aromatic carbocycles. The van der Waals surface area contributed by atoms with E-state index in [-0.39, 0.29) is 21.0 Å². The van der Waals surface area contributed by atoms with Crippen LogP contribution in [0, 0.1) is 10.1 Å². The molecule has 0 fully saturated rings. The Kier molecular flexibility index (Phi) is 2.64. The van der Waals surface area contributed by atoms with E-state index in [2.05, 4.69) is 4.98 Å². The number of hydrogen-bond donors (Lipinski definition) is 0. The summed E-state index contributed by atoms with van der Waals surface area (Å²) in [5.41, 5.74) is 0.228. The molecule has 1 aromatic heterocycles. The van der Waals surface area contributed by atoms with Gasteiger partial charge in [0.25, 0.3) is 0 Å². The number of thiazole rings is 1. The maximum absolute atomic E-state index is 10.00. The van der Waals surface area contributed by atoms with Crippen LogP contribution in [-0.4, -0.2) is 9.91 Å². The summed E-state index contributed by atoms with van der Waals surface area (Å²) in [6.45, 7) is -0.373. The molecule has 0 aliphatic carbocycles. The first-order valence-corrected chi connectivity index (χ1v) is 4.09. The molecule has 1 aromatic rings. The van der Waals surface area contributed by atoms with E-state index in [9.17, 15) is 10.1 Å². The van der Waals surface area contributed by atoms with Gasteiger partial charge in [-0.15, -0.1) is 0 Å². The van der Waals surface area contributed by atoms with Gasteiger partial charge in [0, 0.05) is 4.92 Å². The summed E-state index contributed by atoms with van der Waals surface area (Å²) < 4.78 is 0.513. The summed E-state index contributed by atoms with van der Waals surface area (Å²) in [6.07, 6.45) is 0. The van der Waals surface area contributed by atoms with Crippen LogP contribution in [0.15, 0.2) is 0 Å². The molecule has 0 aliphatic rings. The summed E-state index contributed by atoms with van der Waals surface area (Å²) in [5, 5.41) is 10.00. The summed E-state index contributed by atoms with van der Waals surface area (Å²) in [6, 6.07) is 0. The Morgan fingerprint density at radius 1 is 1.64 bits per heavy atom. The number of hydrogen-bond acceptors (Lipinski definition) is 4. The summed E-state index contributed by atoms with van der Waals surface area (Å²) in [7, 11) is 0. The molecule has 1 heterocycles. The van der Waals surface area contributed by atoms with E-state index >= 15 is 0 Å². The fraction of sp³-hybridized carbons (Fsp3) is 0.250. The minimum atomic E-state index is -0.503. The predicted molar refractivity (Wildman–Crippen MR) is 42.8 cm³/mol. The van der Waals surface area contributed by atoms with Crippen LogP contribution in [0.1, 0.15) is 5.69 Å². The van der Waals surface area contributed by atoms with Crippen molar-refractivity contribution in [2.24, 2.45) is 0 Å². The standard InChI is InChI=1S/C4H2Cl2N2O2S/c5-3-2(1-8(9)10)7-4(6)11-3/h1H2. The van der Waals surface area contributed by atoms with Crippen LogP contribution >= 0.6 is 34.5 Å². The average molecular weight is 213 g/mol. The van der Waals surface area contributed by atoms with Crippen LogP contribution in [0.2, 0.25) is 8.80 Å². The summed E-state index contributed by atoms with van der Waals surface area (Å²) in [5.74, 6) is 0. The second-order valence-corrected chi connectivity index (χ2v) is 3.86. The first kappa shape index (κ1) is 8.70. The van der Waals surface area contributed by atoms with E-state index in [1.54, 1.807) is 0 Å². The highest BCUT2D eigenvalue weighted by Crippen LogP contribution is 2.27. The van der Waals surface area contributed by atoms with Gasteiger partial charge < -0.3 is 0 Å². The normalized spacial score (nSPS) is 10.0. The van der Waals surface area contributed by atoms with Gasteiger partial charge >= 0.3 is 0 Å². The molecule has 11 heavy (non-hydrogen) atoms. The summed E-state index contributed by atoms with van der Waals surface area (Å²) >= 11 is 12.0. The third-order valence-electron chi connectivity index (χ3n) is 0.902. The van der Waals surface area contributed by atoms with Gasteiger partial charge in [-0.2, -0.15) is 0 Å². The molecule has 0 spiro atoms. The predicted octanol–water partition coefficient (Wildman–Crippen LogP) is 2.23. The highest BCUT2D eigenvalue weighted by atomic mass is 35.5. The fourth-order valence-electron chi connectivity index (χ4n) is 0.526. The highest BCUT2D eigenvalue weighted by molar-refractivity contribution is 7.19. The van der Waals surface area contributed by atoms with E-state index in [0.717, 1.165) is 11.3 Å². The Morgan fingerprint density at radius 3 is 2.64 bits per heavy atom. The minimum Gasteiger partial charge on any atom is -0.264 e. The third-order valence-corrected chi connectivity index (χ3v) is 2.34. The fourth-order valence-corrected chi connectivity index (χ4v) is 1.83. The van der Waals surface area contributed by atoms with Crippen molar-refractivity contribution in [3.63, 3.8) is 0 Å². The lowest BCUT2D eigenvalue weighted by Gasteiger charge is -1.86. The van der Waals surface area contributed by atoms with Gasteiger partial charge in [-0.25, -0.2) is 4.98 Å². The average Bonchev–Trinajstić information content (AvgIpc) is 2.09. The largest absolute Gasteiger partial charge is 0.264 e. The maximum atomic E-state index is 10.00. The molecule has 0 N–H and O–H groups in total. The summed E-state index contributed by atoms with van der Waals surface area (Å²) in [4.78, 5) is 13.2. The first-order valence-electron chi connectivity index (χ1n) is 2.52. The molecule has 4 nitrogen and oxygen atoms in total. The van der Waals surface area contributed by atoms with Gasteiger partial charge in [0.15, 0.2) is 4.47 Å². The molecule has 0 bridgehead atoms. The van der Waals surface area contributed by atoms with Crippen LogP contribution in [-0.2, 0) is 6.54 Å².